The molecule has 0 bridgehead atoms. The molecule has 2 aromatic carbocycles. The van der Waals surface area contributed by atoms with Crippen LogP contribution in [0.1, 0.15) is 47.7 Å². The normalized spacial score (nSPS) is 12.8. The van der Waals surface area contributed by atoms with Crippen molar-refractivity contribution >= 4 is 17.7 Å². The van der Waals surface area contributed by atoms with Crippen LogP contribution in [0.4, 0.5) is 0 Å². The van der Waals surface area contributed by atoms with Crippen molar-refractivity contribution in [2.24, 2.45) is 0 Å². The van der Waals surface area contributed by atoms with Crippen molar-refractivity contribution in [1.82, 2.24) is 5.32 Å². The number of aryl methyl sites for hydroxylation is 1. The van der Waals surface area contributed by atoms with E-state index < -0.39 is 11.4 Å². The topological polar surface area (TPSA) is 83.5 Å². The molecule has 2 N–H and O–H groups in total. The molecule has 0 saturated carbocycles. The third-order valence-electron chi connectivity index (χ3n) is 4.88. The van der Waals surface area contributed by atoms with E-state index in [9.17, 15) is 19.5 Å². The molecule has 0 aliphatic rings. The van der Waals surface area contributed by atoms with Crippen molar-refractivity contribution in [3.63, 3.8) is 0 Å². The highest BCUT2D eigenvalue weighted by Gasteiger charge is 2.38. The lowest BCUT2D eigenvalue weighted by Crippen LogP contribution is -2.46. The maximum Gasteiger partial charge on any atom is 0.315 e. The fourth-order valence-electron chi connectivity index (χ4n) is 2.99. The minimum absolute atomic E-state index is 0.0135. The van der Waals surface area contributed by atoms with Gasteiger partial charge in [0.25, 0.3) is 0 Å². The average molecular weight is 367 g/mol. The zero-order valence-electron chi connectivity index (χ0n) is 15.7. The first kappa shape index (κ1) is 20.4. The minimum Gasteiger partial charge on any atom is -0.481 e. The Morgan fingerprint density at radius 1 is 0.963 bits per heavy atom. The lowest BCUT2D eigenvalue weighted by atomic mass is 9.78. The summed E-state index contributed by atoms with van der Waals surface area (Å²) in [5.41, 5.74) is 1.11. The molecule has 0 aromatic heterocycles. The summed E-state index contributed by atoms with van der Waals surface area (Å²) in [6, 6.07) is 16.1. The van der Waals surface area contributed by atoms with E-state index in [0.29, 0.717) is 17.5 Å². The van der Waals surface area contributed by atoms with Gasteiger partial charge in [-0.2, -0.15) is 0 Å². The van der Waals surface area contributed by atoms with Gasteiger partial charge in [-0.05, 0) is 18.9 Å². The molecule has 1 unspecified atom stereocenters. The van der Waals surface area contributed by atoms with Crippen LogP contribution in [-0.2, 0) is 15.0 Å². The fourth-order valence-corrected chi connectivity index (χ4v) is 2.99. The van der Waals surface area contributed by atoms with E-state index in [1.807, 2.05) is 25.1 Å². The SMILES string of the molecule is CCC(CNC(=O)CCC(=O)c1ccc(C)cc1)(C(=O)O)c1ccccc1. The van der Waals surface area contributed by atoms with Crippen LogP contribution in [0.3, 0.4) is 0 Å². The van der Waals surface area contributed by atoms with Crippen LogP contribution in [0.25, 0.3) is 0 Å². The van der Waals surface area contributed by atoms with Gasteiger partial charge < -0.3 is 10.4 Å². The predicted molar refractivity (Wildman–Crippen MR) is 104 cm³/mol. The second kappa shape index (κ2) is 9.12. The molecule has 27 heavy (non-hydrogen) atoms. The van der Waals surface area contributed by atoms with Crippen molar-refractivity contribution < 1.29 is 19.5 Å². The van der Waals surface area contributed by atoms with Crippen molar-refractivity contribution in [2.45, 2.75) is 38.5 Å². The summed E-state index contributed by atoms with van der Waals surface area (Å²) < 4.78 is 0. The van der Waals surface area contributed by atoms with Crippen LogP contribution in [0.2, 0.25) is 0 Å². The molecule has 142 valence electrons. The highest BCUT2D eigenvalue weighted by atomic mass is 16.4. The van der Waals surface area contributed by atoms with Gasteiger partial charge in [-0.3, -0.25) is 14.4 Å². The van der Waals surface area contributed by atoms with Gasteiger partial charge in [0, 0.05) is 24.9 Å². The van der Waals surface area contributed by atoms with Gasteiger partial charge in [0.15, 0.2) is 5.78 Å². The molecular weight excluding hydrogens is 342 g/mol. The lowest BCUT2D eigenvalue weighted by Gasteiger charge is -2.29. The predicted octanol–water partition coefficient (Wildman–Crippen LogP) is 3.51. The Labute approximate surface area is 159 Å². The molecule has 2 rings (SSSR count). The number of rotatable bonds is 9. The highest BCUT2D eigenvalue weighted by Crippen LogP contribution is 2.27. The Morgan fingerprint density at radius 2 is 1.59 bits per heavy atom. The maximum atomic E-state index is 12.2. The smallest absolute Gasteiger partial charge is 0.315 e. The van der Waals surface area contributed by atoms with E-state index in [0.717, 1.165) is 5.56 Å². The zero-order chi connectivity index (χ0) is 19.9. The van der Waals surface area contributed by atoms with Crippen LogP contribution in [0.5, 0.6) is 0 Å². The van der Waals surface area contributed by atoms with Gasteiger partial charge in [-0.25, -0.2) is 0 Å². The number of aliphatic carboxylic acids is 1. The van der Waals surface area contributed by atoms with Gasteiger partial charge in [-0.15, -0.1) is 0 Å². The van der Waals surface area contributed by atoms with Crippen LogP contribution < -0.4 is 5.32 Å². The van der Waals surface area contributed by atoms with E-state index >= 15 is 0 Å². The first-order valence-corrected chi connectivity index (χ1v) is 9.04. The van der Waals surface area contributed by atoms with Gasteiger partial charge in [-0.1, -0.05) is 67.1 Å². The number of ketones is 1. The third-order valence-corrected chi connectivity index (χ3v) is 4.88. The van der Waals surface area contributed by atoms with E-state index in [-0.39, 0.29) is 31.1 Å². The molecule has 5 heteroatoms. The van der Waals surface area contributed by atoms with Crippen LogP contribution in [0.15, 0.2) is 54.6 Å². The summed E-state index contributed by atoms with van der Waals surface area (Å²) in [7, 11) is 0. The average Bonchev–Trinajstić information content (AvgIpc) is 2.68. The first-order valence-electron chi connectivity index (χ1n) is 9.04. The number of carboxylic acids is 1. The van der Waals surface area contributed by atoms with Crippen LogP contribution in [0, 0.1) is 6.92 Å². The van der Waals surface area contributed by atoms with Crippen molar-refractivity contribution in [3.05, 3.63) is 71.3 Å². The van der Waals surface area contributed by atoms with E-state index in [1.54, 1.807) is 43.3 Å². The highest BCUT2D eigenvalue weighted by molar-refractivity contribution is 5.98. The maximum absolute atomic E-state index is 12.2. The van der Waals surface area contributed by atoms with Crippen LogP contribution >= 0.6 is 0 Å². The second-order valence-corrected chi connectivity index (χ2v) is 6.67. The molecule has 0 aliphatic heterocycles. The van der Waals surface area contributed by atoms with Gasteiger partial charge in [0.05, 0.1) is 0 Å². The zero-order valence-corrected chi connectivity index (χ0v) is 15.7. The molecule has 5 nitrogen and oxygen atoms in total. The summed E-state index contributed by atoms with van der Waals surface area (Å²) in [4.78, 5) is 36.3. The number of benzene rings is 2. The minimum atomic E-state index is -1.18. The number of carbonyl (C=O) groups is 3. The summed E-state index contributed by atoms with van der Waals surface area (Å²) >= 11 is 0. The Morgan fingerprint density at radius 3 is 2.15 bits per heavy atom. The van der Waals surface area contributed by atoms with Gasteiger partial charge in [0.1, 0.15) is 5.41 Å². The Bertz CT molecular complexity index is 799. The van der Waals surface area contributed by atoms with Crippen molar-refractivity contribution in [3.8, 4) is 0 Å². The molecule has 2 aromatic rings. The Hall–Kier alpha value is -2.95. The number of carbonyl (C=O) groups excluding carboxylic acids is 2. The van der Waals surface area contributed by atoms with E-state index in [4.69, 9.17) is 0 Å². The largest absolute Gasteiger partial charge is 0.481 e. The number of Topliss-reactive ketones (excluding diaryl/α,β-unsaturated/α-hetero) is 1. The molecule has 0 spiro atoms. The molecule has 0 aliphatic carbocycles. The molecule has 1 amide bonds. The molecule has 1 atom stereocenters. The van der Waals surface area contributed by atoms with Crippen molar-refractivity contribution in [2.75, 3.05) is 6.54 Å². The third kappa shape index (κ3) is 5.03. The summed E-state index contributed by atoms with van der Waals surface area (Å²) in [5.74, 6) is -1.41. The van der Waals surface area contributed by atoms with E-state index in [1.165, 1.54) is 0 Å². The molecule has 0 radical (unpaired) electrons. The summed E-state index contributed by atoms with van der Waals surface area (Å²) in [5, 5.41) is 12.5. The number of hydrogen-bond acceptors (Lipinski definition) is 3. The van der Waals surface area contributed by atoms with E-state index in [2.05, 4.69) is 5.32 Å². The molecular formula is C22H25NO4. The summed E-state index contributed by atoms with van der Waals surface area (Å²) in [6.45, 7) is 3.71. The molecule has 0 heterocycles. The number of nitrogens with one attached hydrogen (secondary N) is 1. The number of carboxylic acid groups (broad SMARTS) is 1. The monoisotopic (exact) mass is 367 g/mol. The van der Waals surface area contributed by atoms with Crippen LogP contribution in [-0.4, -0.2) is 29.3 Å². The molecule has 0 fully saturated rings. The van der Waals surface area contributed by atoms with Gasteiger partial charge >= 0.3 is 5.97 Å². The van der Waals surface area contributed by atoms with Gasteiger partial charge in [0.2, 0.25) is 5.91 Å². The first-order chi connectivity index (χ1) is 12.9. The number of amides is 1. The lowest BCUT2D eigenvalue weighted by molar-refractivity contribution is -0.144. The quantitative estimate of drug-likeness (QED) is 0.665. The Kier molecular flexibility index (Phi) is 6.88. The standard InChI is InChI=1S/C22H25NO4/c1-3-22(21(26)27,18-7-5-4-6-8-18)15-23-20(25)14-13-19(24)17-11-9-16(2)10-12-17/h4-12H,3,13-15H2,1-2H3,(H,23,25)(H,26,27). The fraction of sp³-hybridized carbons (Fsp3) is 0.318. The second-order valence-electron chi connectivity index (χ2n) is 6.67. The molecule has 0 saturated heterocycles. The van der Waals surface area contributed by atoms with Crippen molar-refractivity contribution in [1.29, 1.82) is 0 Å². The summed E-state index contributed by atoms with van der Waals surface area (Å²) in [6.07, 6.45) is 0.461. The number of hydrogen-bond donors (Lipinski definition) is 2. The Balaban J connectivity index is 1.97.